The second-order valence-electron chi connectivity index (χ2n) is 5.04. The van der Waals surface area contributed by atoms with Gasteiger partial charge >= 0.3 is 0 Å². The van der Waals surface area contributed by atoms with Gasteiger partial charge in [0.05, 0.1) is 0 Å². The third-order valence-corrected chi connectivity index (χ3v) is 3.84. The van der Waals surface area contributed by atoms with Gasteiger partial charge in [-0.1, -0.05) is 12.1 Å². The quantitative estimate of drug-likeness (QED) is 0.851. The van der Waals surface area contributed by atoms with E-state index in [1.54, 1.807) is 19.1 Å². The Balaban J connectivity index is 2.38. The maximum Gasteiger partial charge on any atom is 0.242 e. The molecule has 3 N–H and O–H groups in total. The zero-order chi connectivity index (χ0) is 13.9. The molecule has 1 aliphatic rings. The minimum absolute atomic E-state index is 0.349. The van der Waals surface area contributed by atoms with Crippen LogP contribution < -0.4 is 11.1 Å². The number of rotatable bonds is 3. The molecule has 4 nitrogen and oxygen atoms in total. The van der Waals surface area contributed by atoms with Gasteiger partial charge in [-0.25, -0.2) is 4.39 Å². The van der Waals surface area contributed by atoms with Crippen molar-refractivity contribution in [3.63, 3.8) is 0 Å². The average Bonchev–Trinajstić information content (AvgIpc) is 2.66. The summed E-state index contributed by atoms with van der Waals surface area (Å²) in [4.78, 5) is 14.0. The summed E-state index contributed by atoms with van der Waals surface area (Å²) in [7, 11) is 0. The first-order valence-corrected chi connectivity index (χ1v) is 6.57. The summed E-state index contributed by atoms with van der Waals surface area (Å²) in [5, 5.41) is 3.28. The highest BCUT2D eigenvalue weighted by Crippen LogP contribution is 2.29. The Kier molecular flexibility index (Phi) is 4.17. The summed E-state index contributed by atoms with van der Waals surface area (Å²) in [5.41, 5.74) is 5.26. The van der Waals surface area contributed by atoms with Crippen LogP contribution >= 0.6 is 0 Å². The molecule has 0 bridgehead atoms. The first kappa shape index (κ1) is 14.0. The van der Waals surface area contributed by atoms with E-state index >= 15 is 0 Å². The van der Waals surface area contributed by atoms with Gasteiger partial charge in [0.2, 0.25) is 5.91 Å². The number of carbonyl (C=O) groups excluding carboxylic acids is 1. The van der Waals surface area contributed by atoms with E-state index in [1.807, 2.05) is 4.90 Å². The molecule has 1 saturated heterocycles. The lowest BCUT2D eigenvalue weighted by molar-refractivity contribution is -0.130. The van der Waals surface area contributed by atoms with E-state index in [0.717, 1.165) is 32.6 Å². The first-order valence-electron chi connectivity index (χ1n) is 6.57. The maximum absolute atomic E-state index is 13.4. The molecular weight excluding hydrogens is 245 g/mol. The Morgan fingerprint density at radius 3 is 2.89 bits per heavy atom. The molecule has 0 spiro atoms. The number of halogens is 1. The van der Waals surface area contributed by atoms with Crippen LogP contribution in [0.15, 0.2) is 24.3 Å². The van der Waals surface area contributed by atoms with Gasteiger partial charge in [-0.15, -0.1) is 0 Å². The molecule has 1 fully saturated rings. The Labute approximate surface area is 112 Å². The number of nitrogens with zero attached hydrogens (tertiary/aromatic N) is 1. The van der Waals surface area contributed by atoms with Crippen molar-refractivity contribution in [3.05, 3.63) is 35.6 Å². The molecule has 1 aromatic rings. The predicted molar refractivity (Wildman–Crippen MR) is 72.0 cm³/mol. The van der Waals surface area contributed by atoms with E-state index in [0.29, 0.717) is 5.56 Å². The molecule has 1 atom stereocenters. The van der Waals surface area contributed by atoms with Crippen LogP contribution in [0, 0.1) is 5.82 Å². The van der Waals surface area contributed by atoms with Crippen LogP contribution in [-0.4, -0.2) is 37.0 Å². The number of hydrogen-bond donors (Lipinski definition) is 2. The lowest BCUT2D eigenvalue weighted by atomic mass is 9.88. The van der Waals surface area contributed by atoms with Crippen LogP contribution in [0.25, 0.3) is 0 Å². The van der Waals surface area contributed by atoms with Gasteiger partial charge in [0.15, 0.2) is 0 Å². The van der Waals surface area contributed by atoms with Crippen molar-refractivity contribution in [3.8, 4) is 0 Å². The highest BCUT2D eigenvalue weighted by Gasteiger charge is 2.39. The van der Waals surface area contributed by atoms with Crippen molar-refractivity contribution in [2.24, 2.45) is 5.73 Å². The van der Waals surface area contributed by atoms with Crippen molar-refractivity contribution in [1.29, 1.82) is 0 Å². The van der Waals surface area contributed by atoms with E-state index in [1.165, 1.54) is 12.1 Å². The van der Waals surface area contributed by atoms with Crippen LogP contribution in [0.3, 0.4) is 0 Å². The smallest absolute Gasteiger partial charge is 0.242 e. The summed E-state index contributed by atoms with van der Waals surface area (Å²) < 4.78 is 13.4. The van der Waals surface area contributed by atoms with Crippen molar-refractivity contribution >= 4 is 5.91 Å². The fraction of sp³-hybridized carbons (Fsp3) is 0.500. The van der Waals surface area contributed by atoms with E-state index in [-0.39, 0.29) is 5.82 Å². The summed E-state index contributed by atoms with van der Waals surface area (Å²) in [6.45, 7) is 4.99. The summed E-state index contributed by atoms with van der Waals surface area (Å²) >= 11 is 0. The zero-order valence-electron chi connectivity index (χ0n) is 11.2. The van der Waals surface area contributed by atoms with Gasteiger partial charge in [-0.05, 0) is 37.6 Å². The number of amides is 1. The Bertz CT molecular complexity index is 458. The highest BCUT2D eigenvalue weighted by atomic mass is 19.1. The molecule has 19 heavy (non-hydrogen) atoms. The molecule has 104 valence electrons. The van der Waals surface area contributed by atoms with E-state index in [2.05, 4.69) is 5.32 Å². The Morgan fingerprint density at radius 2 is 2.21 bits per heavy atom. The minimum atomic E-state index is -0.964. The predicted octanol–water partition coefficient (Wildman–Crippen LogP) is 0.822. The number of primary amides is 1. The van der Waals surface area contributed by atoms with Crippen molar-refractivity contribution in [2.45, 2.75) is 18.9 Å². The molecule has 1 aromatic carbocycles. The van der Waals surface area contributed by atoms with Gasteiger partial charge in [0.25, 0.3) is 0 Å². The normalized spacial score (nSPS) is 20.5. The second kappa shape index (κ2) is 5.67. The van der Waals surface area contributed by atoms with Crippen molar-refractivity contribution < 1.29 is 9.18 Å². The van der Waals surface area contributed by atoms with Crippen LogP contribution in [0.4, 0.5) is 4.39 Å². The summed E-state index contributed by atoms with van der Waals surface area (Å²) in [5.74, 6) is -0.794. The fourth-order valence-electron chi connectivity index (χ4n) is 2.56. The first-order chi connectivity index (χ1) is 9.05. The minimum Gasteiger partial charge on any atom is -0.368 e. The highest BCUT2D eigenvalue weighted by molar-refractivity contribution is 5.85. The molecule has 1 heterocycles. The van der Waals surface area contributed by atoms with E-state index < -0.39 is 11.4 Å². The van der Waals surface area contributed by atoms with Gasteiger partial charge in [-0.2, -0.15) is 0 Å². The number of carbonyl (C=O) groups is 1. The number of benzene rings is 1. The maximum atomic E-state index is 13.4. The Morgan fingerprint density at radius 1 is 1.42 bits per heavy atom. The van der Waals surface area contributed by atoms with Crippen LogP contribution in [0.5, 0.6) is 0 Å². The average molecular weight is 265 g/mol. The molecule has 1 amide bonds. The second-order valence-corrected chi connectivity index (χ2v) is 5.04. The molecule has 1 unspecified atom stereocenters. The van der Waals surface area contributed by atoms with Gasteiger partial charge in [0.1, 0.15) is 11.4 Å². The zero-order valence-corrected chi connectivity index (χ0v) is 11.2. The molecule has 0 radical (unpaired) electrons. The summed E-state index contributed by atoms with van der Waals surface area (Å²) in [6, 6.07) is 6.13. The van der Waals surface area contributed by atoms with Gasteiger partial charge in [-0.3, -0.25) is 9.69 Å². The van der Waals surface area contributed by atoms with E-state index in [4.69, 9.17) is 5.73 Å². The largest absolute Gasteiger partial charge is 0.368 e. The number of nitrogens with two attached hydrogens (primary N) is 1. The number of hydrogen-bond acceptors (Lipinski definition) is 3. The van der Waals surface area contributed by atoms with Crippen molar-refractivity contribution in [2.75, 3.05) is 26.2 Å². The topological polar surface area (TPSA) is 58.4 Å². The van der Waals surface area contributed by atoms with Gasteiger partial charge < -0.3 is 11.1 Å². The van der Waals surface area contributed by atoms with Crippen LogP contribution in [0.2, 0.25) is 0 Å². The molecule has 0 aromatic heterocycles. The lowest BCUT2D eigenvalue weighted by Gasteiger charge is -2.38. The third-order valence-electron chi connectivity index (χ3n) is 3.84. The summed E-state index contributed by atoms with van der Waals surface area (Å²) in [6.07, 6.45) is 0.943. The van der Waals surface area contributed by atoms with Crippen molar-refractivity contribution in [1.82, 2.24) is 10.2 Å². The molecule has 1 aliphatic heterocycles. The van der Waals surface area contributed by atoms with Crippen LogP contribution in [-0.2, 0) is 10.3 Å². The molecule has 0 saturated carbocycles. The van der Waals surface area contributed by atoms with Crippen LogP contribution in [0.1, 0.15) is 18.9 Å². The Hall–Kier alpha value is -1.46. The molecule has 2 rings (SSSR count). The monoisotopic (exact) mass is 265 g/mol. The standard InChI is InChI=1S/C14H20FN3O/c1-14(13(16)19,11-4-2-5-12(15)10-11)18-8-3-6-17-7-9-18/h2,4-5,10,17H,3,6-9H2,1H3,(H2,16,19). The molecular formula is C14H20FN3O. The molecule has 0 aliphatic carbocycles. The lowest BCUT2D eigenvalue weighted by Crippen LogP contribution is -2.54. The fourth-order valence-corrected chi connectivity index (χ4v) is 2.56. The van der Waals surface area contributed by atoms with Gasteiger partial charge in [0, 0.05) is 19.6 Å². The SMILES string of the molecule is CC(C(N)=O)(c1cccc(F)c1)N1CCCNCC1. The number of nitrogens with one attached hydrogen (secondary N) is 1. The van der Waals surface area contributed by atoms with E-state index in [9.17, 15) is 9.18 Å². The molecule has 5 heteroatoms. The third kappa shape index (κ3) is 2.77.